The maximum Gasteiger partial charge on any atom is 0.264 e. The van der Waals surface area contributed by atoms with Gasteiger partial charge in [-0.05, 0) is 18.1 Å². The van der Waals surface area contributed by atoms with Crippen molar-refractivity contribution in [2.45, 2.75) is 6.42 Å². The number of nitrogens with zero attached hydrogens (tertiary/aromatic N) is 1. The fourth-order valence-electron chi connectivity index (χ4n) is 1.19. The molecule has 0 aliphatic heterocycles. The summed E-state index contributed by atoms with van der Waals surface area (Å²) < 4.78 is 29.3. The van der Waals surface area contributed by atoms with Crippen molar-refractivity contribution >= 4 is 22.4 Å². The van der Waals surface area contributed by atoms with Crippen LogP contribution < -0.4 is 0 Å². The molecule has 0 atom stereocenters. The number of rotatable bonds is 6. The Hall–Kier alpha value is -1.46. The normalized spacial score (nSPS) is 12.5. The second kappa shape index (κ2) is 6.98. The van der Waals surface area contributed by atoms with Gasteiger partial charge in [-0.25, -0.2) is 0 Å². The summed E-state index contributed by atoms with van der Waals surface area (Å²) in [6.45, 7) is 0.388. The molecule has 0 spiro atoms. The Morgan fingerprint density at radius 3 is 2.59 bits per heavy atom. The van der Waals surface area contributed by atoms with E-state index in [0.717, 1.165) is 5.56 Å². The van der Waals surface area contributed by atoms with Gasteiger partial charge in [0, 0.05) is 12.8 Å². The third kappa shape index (κ3) is 7.43. The SMILES string of the molecule is O=S(=O)(O)CCCN=C/C=C/c1ccccc1. The van der Waals surface area contributed by atoms with Crippen LogP contribution in [0.15, 0.2) is 41.4 Å². The summed E-state index contributed by atoms with van der Waals surface area (Å²) in [6, 6.07) is 9.79. The zero-order valence-electron chi connectivity index (χ0n) is 9.36. The lowest BCUT2D eigenvalue weighted by atomic mass is 10.2. The van der Waals surface area contributed by atoms with E-state index in [2.05, 4.69) is 4.99 Å². The molecule has 0 saturated heterocycles. The topological polar surface area (TPSA) is 66.7 Å². The average Bonchev–Trinajstić information content (AvgIpc) is 2.28. The van der Waals surface area contributed by atoms with Gasteiger partial charge in [-0.15, -0.1) is 0 Å². The second-order valence-corrected chi connectivity index (χ2v) is 5.04. The van der Waals surface area contributed by atoms with Crippen molar-refractivity contribution in [3.05, 3.63) is 42.0 Å². The van der Waals surface area contributed by atoms with E-state index in [4.69, 9.17) is 4.55 Å². The minimum absolute atomic E-state index is 0.243. The summed E-state index contributed by atoms with van der Waals surface area (Å²) in [6.07, 6.45) is 5.65. The van der Waals surface area contributed by atoms with Crippen molar-refractivity contribution in [2.75, 3.05) is 12.3 Å². The van der Waals surface area contributed by atoms with Crippen LogP contribution in [0.4, 0.5) is 0 Å². The Labute approximate surface area is 101 Å². The number of hydrogen-bond acceptors (Lipinski definition) is 3. The maximum absolute atomic E-state index is 10.4. The molecule has 0 aliphatic carbocycles. The first kappa shape index (κ1) is 13.6. The summed E-state index contributed by atoms with van der Waals surface area (Å²) in [5.74, 6) is -0.243. The largest absolute Gasteiger partial charge is 0.293 e. The van der Waals surface area contributed by atoms with Crippen molar-refractivity contribution in [3.63, 3.8) is 0 Å². The quantitative estimate of drug-likeness (QED) is 0.479. The molecule has 0 heterocycles. The molecular formula is C12H15NO3S. The van der Waals surface area contributed by atoms with E-state index in [0.29, 0.717) is 13.0 Å². The van der Waals surface area contributed by atoms with Gasteiger partial charge < -0.3 is 0 Å². The lowest BCUT2D eigenvalue weighted by molar-refractivity contribution is 0.481. The average molecular weight is 253 g/mol. The van der Waals surface area contributed by atoms with Gasteiger partial charge >= 0.3 is 0 Å². The molecule has 92 valence electrons. The predicted molar refractivity (Wildman–Crippen MR) is 69.9 cm³/mol. The van der Waals surface area contributed by atoms with Crippen molar-refractivity contribution in [1.82, 2.24) is 0 Å². The van der Waals surface area contributed by atoms with Crippen LogP contribution in [0.3, 0.4) is 0 Å². The Bertz CT molecular complexity index is 478. The lowest BCUT2D eigenvalue weighted by Gasteiger charge is -1.92. The highest BCUT2D eigenvalue weighted by Gasteiger charge is 2.01. The molecule has 0 bridgehead atoms. The van der Waals surface area contributed by atoms with Crippen LogP contribution in [0.1, 0.15) is 12.0 Å². The number of hydrogen-bond donors (Lipinski definition) is 1. The van der Waals surface area contributed by atoms with Crippen molar-refractivity contribution in [1.29, 1.82) is 0 Å². The molecule has 0 amide bonds. The maximum atomic E-state index is 10.4. The predicted octanol–water partition coefficient (Wildman–Crippen LogP) is 2.05. The first-order chi connectivity index (χ1) is 8.08. The van der Waals surface area contributed by atoms with Gasteiger partial charge in [0.25, 0.3) is 10.1 Å². The zero-order chi connectivity index (χ0) is 12.6. The van der Waals surface area contributed by atoms with E-state index in [-0.39, 0.29) is 5.75 Å². The van der Waals surface area contributed by atoms with Crippen molar-refractivity contribution < 1.29 is 13.0 Å². The minimum Gasteiger partial charge on any atom is -0.293 e. The highest BCUT2D eigenvalue weighted by molar-refractivity contribution is 7.85. The highest BCUT2D eigenvalue weighted by Crippen LogP contribution is 1.99. The van der Waals surface area contributed by atoms with Crippen LogP contribution in [0.25, 0.3) is 6.08 Å². The monoisotopic (exact) mass is 253 g/mol. The summed E-state index contributed by atoms with van der Waals surface area (Å²) >= 11 is 0. The summed E-state index contributed by atoms with van der Waals surface area (Å²) in [5, 5.41) is 0. The molecule has 4 nitrogen and oxygen atoms in total. The van der Waals surface area contributed by atoms with Gasteiger partial charge in [0.15, 0.2) is 0 Å². The molecule has 0 saturated carbocycles. The van der Waals surface area contributed by atoms with Gasteiger partial charge in [-0.3, -0.25) is 9.55 Å². The third-order valence-corrected chi connectivity index (χ3v) is 2.77. The first-order valence-electron chi connectivity index (χ1n) is 5.25. The Balaban J connectivity index is 2.25. The van der Waals surface area contributed by atoms with Crippen LogP contribution in [0.2, 0.25) is 0 Å². The Morgan fingerprint density at radius 2 is 1.94 bits per heavy atom. The molecule has 1 aromatic rings. The van der Waals surface area contributed by atoms with Crippen LogP contribution in [0.5, 0.6) is 0 Å². The van der Waals surface area contributed by atoms with Crippen molar-refractivity contribution in [2.24, 2.45) is 4.99 Å². The first-order valence-corrected chi connectivity index (χ1v) is 6.85. The number of aliphatic imine (C=N–C) groups is 1. The zero-order valence-corrected chi connectivity index (χ0v) is 10.2. The molecule has 5 heteroatoms. The highest BCUT2D eigenvalue weighted by atomic mass is 32.2. The smallest absolute Gasteiger partial charge is 0.264 e. The number of allylic oxidation sites excluding steroid dienone is 1. The van der Waals surface area contributed by atoms with E-state index >= 15 is 0 Å². The van der Waals surface area contributed by atoms with Crippen molar-refractivity contribution in [3.8, 4) is 0 Å². The van der Waals surface area contributed by atoms with Gasteiger partial charge in [-0.2, -0.15) is 8.42 Å². The molecule has 1 N–H and O–H groups in total. The van der Waals surface area contributed by atoms with Crippen LogP contribution in [0, 0.1) is 0 Å². The molecule has 1 rings (SSSR count). The van der Waals surface area contributed by atoms with E-state index in [9.17, 15) is 8.42 Å². The Kier molecular flexibility index (Phi) is 5.59. The molecule has 17 heavy (non-hydrogen) atoms. The van der Waals surface area contributed by atoms with Gasteiger partial charge in [0.1, 0.15) is 0 Å². The van der Waals surface area contributed by atoms with Gasteiger partial charge in [0.2, 0.25) is 0 Å². The second-order valence-electron chi connectivity index (χ2n) is 3.46. The van der Waals surface area contributed by atoms with Gasteiger partial charge in [-0.1, -0.05) is 36.4 Å². The standard InChI is InChI=1S/C12H15NO3S/c14-17(15,16)11-5-10-13-9-4-8-12-6-2-1-3-7-12/h1-4,6-9H,5,10-11H2,(H,14,15,16)/b8-4+,13-9?. The lowest BCUT2D eigenvalue weighted by Crippen LogP contribution is -2.04. The minimum atomic E-state index is -3.85. The summed E-state index contributed by atoms with van der Waals surface area (Å²) in [7, 11) is -3.85. The van der Waals surface area contributed by atoms with E-state index < -0.39 is 10.1 Å². The van der Waals surface area contributed by atoms with E-state index in [1.807, 2.05) is 36.4 Å². The molecule has 0 radical (unpaired) electrons. The van der Waals surface area contributed by atoms with E-state index in [1.165, 1.54) is 0 Å². The summed E-state index contributed by atoms with van der Waals surface area (Å²) in [4.78, 5) is 4.00. The third-order valence-electron chi connectivity index (χ3n) is 1.97. The van der Waals surface area contributed by atoms with Gasteiger partial charge in [0.05, 0.1) is 5.75 Å². The fourth-order valence-corrected chi connectivity index (χ4v) is 1.69. The molecule has 0 aliphatic rings. The molecule has 0 fully saturated rings. The molecular weight excluding hydrogens is 238 g/mol. The Morgan fingerprint density at radius 1 is 1.24 bits per heavy atom. The molecule has 0 aromatic heterocycles. The molecule has 0 unspecified atom stereocenters. The van der Waals surface area contributed by atoms with E-state index in [1.54, 1.807) is 12.3 Å². The van der Waals surface area contributed by atoms with Crippen LogP contribution in [-0.4, -0.2) is 31.5 Å². The van der Waals surface area contributed by atoms with Crippen LogP contribution >= 0.6 is 0 Å². The fraction of sp³-hybridized carbons (Fsp3) is 0.250. The molecule has 1 aromatic carbocycles. The summed E-state index contributed by atoms with van der Waals surface area (Å²) in [5.41, 5.74) is 1.08. The number of benzene rings is 1. The van der Waals surface area contributed by atoms with Crippen LogP contribution in [-0.2, 0) is 10.1 Å².